The van der Waals surface area contributed by atoms with Gasteiger partial charge < -0.3 is 15.2 Å². The minimum Gasteiger partial charge on any atom is -0.481 e. The van der Waals surface area contributed by atoms with Crippen molar-refractivity contribution in [3.05, 3.63) is 35.4 Å². The molecule has 0 bridgehead atoms. The fourth-order valence-electron chi connectivity index (χ4n) is 1.56. The van der Waals surface area contributed by atoms with Gasteiger partial charge in [-0.3, -0.25) is 9.59 Å². The molecular weight excluding hydrogens is 278 g/mol. The Bertz CT molecular complexity index is 451. The Morgan fingerprint density at radius 2 is 1.95 bits per heavy atom. The van der Waals surface area contributed by atoms with Crippen molar-refractivity contribution >= 4 is 23.6 Å². The number of hydrogen-bond donors (Lipinski definition) is 2. The van der Waals surface area contributed by atoms with Crippen molar-refractivity contribution in [2.24, 2.45) is 0 Å². The van der Waals surface area contributed by atoms with Crippen LogP contribution in [0.1, 0.15) is 18.1 Å². The SMILES string of the molecule is CCOCc1ccccc1CNC(=O)CSCC(=O)O. The lowest BCUT2D eigenvalue weighted by molar-refractivity contribution is -0.133. The van der Waals surface area contributed by atoms with Gasteiger partial charge >= 0.3 is 5.97 Å². The monoisotopic (exact) mass is 297 g/mol. The lowest BCUT2D eigenvalue weighted by Crippen LogP contribution is -2.25. The van der Waals surface area contributed by atoms with Gasteiger partial charge in [0.2, 0.25) is 5.91 Å². The highest BCUT2D eigenvalue weighted by Crippen LogP contribution is 2.10. The first kappa shape index (κ1) is 16.5. The summed E-state index contributed by atoms with van der Waals surface area (Å²) >= 11 is 1.09. The second-order valence-corrected chi connectivity index (χ2v) is 5.05. The van der Waals surface area contributed by atoms with Crippen LogP contribution in [0.3, 0.4) is 0 Å². The molecule has 1 aromatic rings. The molecule has 5 nitrogen and oxygen atoms in total. The first-order chi connectivity index (χ1) is 9.63. The van der Waals surface area contributed by atoms with Gasteiger partial charge in [-0.25, -0.2) is 0 Å². The molecular formula is C14H19NO4S. The molecule has 0 heterocycles. The Hall–Kier alpha value is -1.53. The molecule has 0 aliphatic heterocycles. The molecule has 0 fully saturated rings. The minimum atomic E-state index is -0.912. The fourth-order valence-corrected chi connectivity index (χ4v) is 2.12. The maximum absolute atomic E-state index is 11.6. The first-order valence-corrected chi connectivity index (χ1v) is 7.49. The van der Waals surface area contributed by atoms with Gasteiger partial charge in [-0.1, -0.05) is 24.3 Å². The molecule has 1 rings (SSSR count). The Labute approximate surface area is 122 Å². The number of aliphatic carboxylic acids is 1. The normalized spacial score (nSPS) is 10.2. The van der Waals surface area contributed by atoms with Crippen molar-refractivity contribution in [3.8, 4) is 0 Å². The van der Waals surface area contributed by atoms with Gasteiger partial charge in [-0.2, -0.15) is 0 Å². The molecule has 0 saturated carbocycles. The van der Waals surface area contributed by atoms with Crippen LogP contribution in [-0.2, 0) is 27.5 Å². The van der Waals surface area contributed by atoms with Gasteiger partial charge in [0.1, 0.15) is 0 Å². The molecule has 0 saturated heterocycles. The van der Waals surface area contributed by atoms with Gasteiger partial charge in [0.05, 0.1) is 18.1 Å². The number of carbonyl (C=O) groups excluding carboxylic acids is 1. The van der Waals surface area contributed by atoms with Gasteiger partial charge in [0, 0.05) is 13.2 Å². The summed E-state index contributed by atoms with van der Waals surface area (Å²) < 4.78 is 5.38. The second kappa shape index (κ2) is 9.39. The smallest absolute Gasteiger partial charge is 0.313 e. The Morgan fingerprint density at radius 3 is 2.60 bits per heavy atom. The van der Waals surface area contributed by atoms with Gasteiger partial charge in [-0.15, -0.1) is 11.8 Å². The maximum Gasteiger partial charge on any atom is 0.313 e. The topological polar surface area (TPSA) is 75.6 Å². The fraction of sp³-hybridized carbons (Fsp3) is 0.429. The predicted molar refractivity (Wildman–Crippen MR) is 78.6 cm³/mol. The summed E-state index contributed by atoms with van der Waals surface area (Å²) in [5.74, 6) is -0.985. The molecule has 110 valence electrons. The third-order valence-corrected chi connectivity index (χ3v) is 3.43. The van der Waals surface area contributed by atoms with Crippen molar-refractivity contribution in [2.75, 3.05) is 18.1 Å². The summed E-state index contributed by atoms with van der Waals surface area (Å²) in [6.07, 6.45) is 0. The number of nitrogens with one attached hydrogen (secondary N) is 1. The van der Waals surface area contributed by atoms with Crippen LogP contribution >= 0.6 is 11.8 Å². The van der Waals surface area contributed by atoms with E-state index >= 15 is 0 Å². The molecule has 20 heavy (non-hydrogen) atoms. The van der Waals surface area contributed by atoms with Crippen LogP contribution in [0.4, 0.5) is 0 Å². The van der Waals surface area contributed by atoms with Crippen molar-refractivity contribution in [3.63, 3.8) is 0 Å². The van der Waals surface area contributed by atoms with Crippen molar-refractivity contribution in [1.82, 2.24) is 5.32 Å². The second-order valence-electron chi connectivity index (χ2n) is 4.07. The average Bonchev–Trinajstić information content (AvgIpc) is 2.43. The van der Waals surface area contributed by atoms with Gasteiger partial charge in [-0.05, 0) is 18.1 Å². The van der Waals surface area contributed by atoms with Crippen LogP contribution in [0.15, 0.2) is 24.3 Å². The summed E-state index contributed by atoms with van der Waals surface area (Å²) in [6, 6.07) is 7.76. The lowest BCUT2D eigenvalue weighted by atomic mass is 10.1. The highest BCUT2D eigenvalue weighted by atomic mass is 32.2. The van der Waals surface area contributed by atoms with Crippen LogP contribution < -0.4 is 5.32 Å². The number of carbonyl (C=O) groups is 2. The van der Waals surface area contributed by atoms with Crippen LogP contribution in [0.25, 0.3) is 0 Å². The van der Waals surface area contributed by atoms with E-state index in [0.717, 1.165) is 22.9 Å². The van der Waals surface area contributed by atoms with E-state index < -0.39 is 5.97 Å². The van der Waals surface area contributed by atoms with Gasteiger partial charge in [0.25, 0.3) is 0 Å². The largest absolute Gasteiger partial charge is 0.481 e. The Balaban J connectivity index is 2.40. The summed E-state index contributed by atoms with van der Waals surface area (Å²) in [5.41, 5.74) is 2.06. The zero-order valence-corrected chi connectivity index (χ0v) is 12.2. The van der Waals surface area contributed by atoms with E-state index in [4.69, 9.17) is 9.84 Å². The molecule has 0 aliphatic carbocycles. The molecule has 6 heteroatoms. The number of hydrogen-bond acceptors (Lipinski definition) is 4. The van der Waals surface area contributed by atoms with E-state index in [1.54, 1.807) is 0 Å². The molecule has 0 unspecified atom stereocenters. The average molecular weight is 297 g/mol. The number of carboxylic acid groups (broad SMARTS) is 1. The number of rotatable bonds is 9. The molecule has 0 spiro atoms. The summed E-state index contributed by atoms with van der Waals surface area (Å²) in [6.45, 7) is 3.53. The summed E-state index contributed by atoms with van der Waals surface area (Å²) in [7, 11) is 0. The van der Waals surface area contributed by atoms with Crippen molar-refractivity contribution < 1.29 is 19.4 Å². The molecule has 2 N–H and O–H groups in total. The lowest BCUT2D eigenvalue weighted by Gasteiger charge is -2.10. The predicted octanol–water partition coefficient (Wildman–Crippen LogP) is 1.66. The quantitative estimate of drug-likeness (QED) is 0.725. The van der Waals surface area contributed by atoms with Crippen LogP contribution in [-0.4, -0.2) is 35.1 Å². The number of benzene rings is 1. The molecule has 1 aromatic carbocycles. The molecule has 0 atom stereocenters. The van der Waals surface area contributed by atoms with E-state index in [1.165, 1.54) is 0 Å². The zero-order chi connectivity index (χ0) is 14.8. The summed E-state index contributed by atoms with van der Waals surface area (Å²) in [4.78, 5) is 21.9. The number of thioether (sulfide) groups is 1. The van der Waals surface area contributed by atoms with E-state index in [2.05, 4.69) is 5.32 Å². The Morgan fingerprint density at radius 1 is 1.25 bits per heavy atom. The van der Waals surface area contributed by atoms with Gasteiger partial charge in [0.15, 0.2) is 0 Å². The standard InChI is InChI=1S/C14H19NO4S/c1-2-19-8-12-6-4-3-5-11(12)7-15-13(16)9-20-10-14(17)18/h3-6H,2,7-10H2,1H3,(H,15,16)(H,17,18). The summed E-state index contributed by atoms with van der Waals surface area (Å²) in [5, 5.41) is 11.3. The van der Waals surface area contributed by atoms with Crippen LogP contribution in [0, 0.1) is 0 Å². The van der Waals surface area contributed by atoms with Crippen molar-refractivity contribution in [1.29, 1.82) is 0 Å². The third kappa shape index (κ3) is 6.58. The van der Waals surface area contributed by atoms with Crippen LogP contribution in [0.5, 0.6) is 0 Å². The first-order valence-electron chi connectivity index (χ1n) is 6.34. The van der Waals surface area contributed by atoms with Crippen LogP contribution in [0.2, 0.25) is 0 Å². The molecule has 0 aromatic heterocycles. The highest BCUT2D eigenvalue weighted by molar-refractivity contribution is 8.00. The molecule has 1 amide bonds. The zero-order valence-electron chi connectivity index (χ0n) is 11.4. The van der Waals surface area contributed by atoms with Crippen molar-refractivity contribution in [2.45, 2.75) is 20.1 Å². The third-order valence-electron chi connectivity index (χ3n) is 2.51. The molecule has 0 aliphatic rings. The Kier molecular flexibility index (Phi) is 7.75. The number of amides is 1. The number of carboxylic acids is 1. The maximum atomic E-state index is 11.6. The van der Waals surface area contributed by atoms with E-state index in [1.807, 2.05) is 31.2 Å². The highest BCUT2D eigenvalue weighted by Gasteiger charge is 2.06. The van der Waals surface area contributed by atoms with E-state index in [-0.39, 0.29) is 17.4 Å². The molecule has 0 radical (unpaired) electrons. The van der Waals surface area contributed by atoms with E-state index in [9.17, 15) is 9.59 Å². The minimum absolute atomic E-state index is 0.0612. The van der Waals surface area contributed by atoms with E-state index in [0.29, 0.717) is 19.8 Å². The number of ether oxygens (including phenoxy) is 1.